The lowest BCUT2D eigenvalue weighted by Gasteiger charge is -2.36. The van der Waals surface area contributed by atoms with Gasteiger partial charge in [-0.3, -0.25) is 0 Å². The third-order valence-electron chi connectivity index (χ3n) is 4.21. The van der Waals surface area contributed by atoms with E-state index in [-0.39, 0.29) is 0 Å². The number of aliphatic hydroxyl groups excluding tert-OH is 1. The number of nitrogens with zero attached hydrogens (tertiary/aromatic N) is 1. The number of hydrogen-bond acceptors (Lipinski definition) is 4. The van der Waals surface area contributed by atoms with Gasteiger partial charge in [0.25, 0.3) is 0 Å². The Labute approximate surface area is 121 Å². The maximum Gasteiger partial charge on any atom is 0.119 e. The lowest BCUT2D eigenvalue weighted by Crippen LogP contribution is -2.43. The number of nitrogen functional groups attached to an aromatic ring is 1. The molecule has 3 unspecified atom stereocenters. The van der Waals surface area contributed by atoms with Gasteiger partial charge in [-0.25, -0.2) is 0 Å². The number of β-amino-alcohol motifs (C(OH)–C–C–N with tert-alkyl or cyclic N) is 1. The van der Waals surface area contributed by atoms with Crippen molar-refractivity contribution in [1.82, 2.24) is 4.90 Å². The standard InChI is InChI=1S/C16H26N2O2/c1-12-7-8-18(9-13(12)2)10-15(19)11-20-16-5-3-14(17)4-6-16/h3-6,12-13,15,19H,7-11,17H2,1-2H3. The Kier molecular flexibility index (Phi) is 5.26. The molecule has 112 valence electrons. The number of aliphatic hydroxyl groups is 1. The Balaban J connectivity index is 1.72. The van der Waals surface area contributed by atoms with Gasteiger partial charge in [0.05, 0.1) is 0 Å². The summed E-state index contributed by atoms with van der Waals surface area (Å²) in [7, 11) is 0. The second kappa shape index (κ2) is 6.95. The van der Waals surface area contributed by atoms with Crippen LogP contribution in [0.15, 0.2) is 24.3 Å². The highest BCUT2D eigenvalue weighted by Gasteiger charge is 2.24. The quantitative estimate of drug-likeness (QED) is 0.809. The first-order chi connectivity index (χ1) is 9.54. The van der Waals surface area contributed by atoms with Gasteiger partial charge in [-0.1, -0.05) is 13.8 Å². The molecule has 0 amide bonds. The van der Waals surface area contributed by atoms with Crippen LogP contribution in [0, 0.1) is 11.8 Å². The Morgan fingerprint density at radius 1 is 1.30 bits per heavy atom. The first-order valence-electron chi connectivity index (χ1n) is 7.43. The first kappa shape index (κ1) is 15.1. The summed E-state index contributed by atoms with van der Waals surface area (Å²) in [6, 6.07) is 7.25. The highest BCUT2D eigenvalue weighted by atomic mass is 16.5. The van der Waals surface area contributed by atoms with E-state index < -0.39 is 6.10 Å². The zero-order valence-corrected chi connectivity index (χ0v) is 12.5. The Bertz CT molecular complexity index is 407. The van der Waals surface area contributed by atoms with E-state index in [1.807, 2.05) is 12.1 Å². The van der Waals surface area contributed by atoms with Crippen molar-refractivity contribution in [3.05, 3.63) is 24.3 Å². The van der Waals surface area contributed by atoms with Crippen LogP contribution >= 0.6 is 0 Å². The van der Waals surface area contributed by atoms with Crippen LogP contribution in [0.2, 0.25) is 0 Å². The number of likely N-dealkylation sites (tertiary alicyclic amines) is 1. The summed E-state index contributed by atoms with van der Waals surface area (Å²) in [6.07, 6.45) is 0.764. The number of benzene rings is 1. The SMILES string of the molecule is CC1CCN(CC(O)COc2ccc(N)cc2)CC1C. The van der Waals surface area contributed by atoms with Gasteiger partial charge in [0.2, 0.25) is 0 Å². The first-order valence-corrected chi connectivity index (χ1v) is 7.43. The van der Waals surface area contributed by atoms with Gasteiger partial charge < -0.3 is 20.5 Å². The second-order valence-corrected chi connectivity index (χ2v) is 6.04. The molecule has 0 saturated carbocycles. The summed E-state index contributed by atoms with van der Waals surface area (Å²) in [6.45, 7) is 7.75. The molecule has 0 spiro atoms. The summed E-state index contributed by atoms with van der Waals surface area (Å²) in [5.41, 5.74) is 6.34. The van der Waals surface area contributed by atoms with E-state index in [1.54, 1.807) is 12.1 Å². The smallest absolute Gasteiger partial charge is 0.119 e. The fourth-order valence-corrected chi connectivity index (χ4v) is 2.62. The van der Waals surface area contributed by atoms with Crippen molar-refractivity contribution in [2.24, 2.45) is 11.8 Å². The van der Waals surface area contributed by atoms with Crippen LogP contribution in [-0.4, -0.2) is 42.4 Å². The Morgan fingerprint density at radius 3 is 2.65 bits per heavy atom. The molecule has 1 aromatic carbocycles. The second-order valence-electron chi connectivity index (χ2n) is 6.04. The minimum Gasteiger partial charge on any atom is -0.491 e. The highest BCUT2D eigenvalue weighted by molar-refractivity contribution is 5.41. The zero-order chi connectivity index (χ0) is 14.5. The van der Waals surface area contributed by atoms with E-state index in [1.165, 1.54) is 6.42 Å². The lowest BCUT2D eigenvalue weighted by atomic mass is 9.88. The fourth-order valence-electron chi connectivity index (χ4n) is 2.62. The molecule has 1 heterocycles. The third kappa shape index (κ3) is 4.39. The molecule has 1 aliphatic rings. The maximum atomic E-state index is 10.1. The molecule has 4 heteroatoms. The van der Waals surface area contributed by atoms with Crippen molar-refractivity contribution in [1.29, 1.82) is 0 Å². The topological polar surface area (TPSA) is 58.7 Å². The number of anilines is 1. The monoisotopic (exact) mass is 278 g/mol. The molecule has 0 bridgehead atoms. The third-order valence-corrected chi connectivity index (χ3v) is 4.21. The van der Waals surface area contributed by atoms with Crippen LogP contribution in [-0.2, 0) is 0 Å². The molecule has 4 nitrogen and oxygen atoms in total. The fraction of sp³-hybridized carbons (Fsp3) is 0.625. The van der Waals surface area contributed by atoms with Crippen LogP contribution in [0.1, 0.15) is 20.3 Å². The largest absolute Gasteiger partial charge is 0.491 e. The molecule has 0 aliphatic carbocycles. The predicted octanol–water partition coefficient (Wildman–Crippen LogP) is 1.99. The summed E-state index contributed by atoms with van der Waals surface area (Å²) in [5, 5.41) is 10.1. The van der Waals surface area contributed by atoms with E-state index in [2.05, 4.69) is 18.7 Å². The molecule has 3 N–H and O–H groups in total. The summed E-state index contributed by atoms with van der Waals surface area (Å²) in [4.78, 5) is 2.33. The molecule has 1 aliphatic heterocycles. The zero-order valence-electron chi connectivity index (χ0n) is 12.5. The van der Waals surface area contributed by atoms with Gasteiger partial charge >= 0.3 is 0 Å². The van der Waals surface area contributed by atoms with Crippen molar-refractivity contribution in [2.75, 3.05) is 32.0 Å². The number of piperidine rings is 1. The molecular formula is C16H26N2O2. The number of nitrogens with two attached hydrogens (primary N) is 1. The normalized spacial score (nSPS) is 25.4. The Morgan fingerprint density at radius 2 is 2.00 bits per heavy atom. The molecule has 1 fully saturated rings. The number of hydrogen-bond donors (Lipinski definition) is 2. The maximum absolute atomic E-state index is 10.1. The van der Waals surface area contributed by atoms with Crippen LogP contribution in [0.5, 0.6) is 5.75 Å². The average Bonchev–Trinajstić information content (AvgIpc) is 2.42. The number of ether oxygens (including phenoxy) is 1. The average molecular weight is 278 g/mol. The highest BCUT2D eigenvalue weighted by Crippen LogP contribution is 2.22. The summed E-state index contributed by atoms with van der Waals surface area (Å²) < 4.78 is 5.58. The molecule has 3 atom stereocenters. The molecule has 0 aromatic heterocycles. The van der Waals surface area contributed by atoms with Crippen molar-refractivity contribution in [2.45, 2.75) is 26.4 Å². The molecule has 2 rings (SSSR count). The minimum atomic E-state index is -0.451. The van der Waals surface area contributed by atoms with E-state index in [0.717, 1.165) is 24.8 Å². The lowest BCUT2D eigenvalue weighted by molar-refractivity contribution is 0.0437. The van der Waals surface area contributed by atoms with Gasteiger partial charge in [-0.2, -0.15) is 0 Å². The van der Waals surface area contributed by atoms with Gasteiger partial charge in [0.15, 0.2) is 0 Å². The minimum absolute atomic E-state index is 0.324. The van der Waals surface area contributed by atoms with E-state index >= 15 is 0 Å². The van der Waals surface area contributed by atoms with Gasteiger partial charge in [0.1, 0.15) is 18.5 Å². The van der Waals surface area contributed by atoms with E-state index in [9.17, 15) is 5.11 Å². The van der Waals surface area contributed by atoms with Crippen LogP contribution in [0.4, 0.5) is 5.69 Å². The molecule has 1 aromatic rings. The van der Waals surface area contributed by atoms with Gasteiger partial charge in [-0.15, -0.1) is 0 Å². The Hall–Kier alpha value is -1.26. The predicted molar refractivity (Wildman–Crippen MR) is 81.7 cm³/mol. The van der Waals surface area contributed by atoms with Crippen LogP contribution in [0.3, 0.4) is 0 Å². The van der Waals surface area contributed by atoms with Crippen molar-refractivity contribution < 1.29 is 9.84 Å². The molecule has 20 heavy (non-hydrogen) atoms. The van der Waals surface area contributed by atoms with Crippen LogP contribution in [0.25, 0.3) is 0 Å². The molecular weight excluding hydrogens is 252 g/mol. The van der Waals surface area contributed by atoms with Gasteiger partial charge in [0, 0.05) is 18.8 Å². The van der Waals surface area contributed by atoms with Gasteiger partial charge in [-0.05, 0) is 49.1 Å². The summed E-state index contributed by atoms with van der Waals surface area (Å²) in [5.74, 6) is 2.24. The van der Waals surface area contributed by atoms with E-state index in [0.29, 0.717) is 24.8 Å². The van der Waals surface area contributed by atoms with Crippen molar-refractivity contribution in [3.8, 4) is 5.75 Å². The summed E-state index contributed by atoms with van der Waals surface area (Å²) >= 11 is 0. The van der Waals surface area contributed by atoms with E-state index in [4.69, 9.17) is 10.5 Å². The molecule has 1 saturated heterocycles. The van der Waals surface area contributed by atoms with Crippen molar-refractivity contribution >= 4 is 5.69 Å². The van der Waals surface area contributed by atoms with Crippen LogP contribution < -0.4 is 10.5 Å². The van der Waals surface area contributed by atoms with Crippen molar-refractivity contribution in [3.63, 3.8) is 0 Å². The molecule has 0 radical (unpaired) electrons. The number of rotatable bonds is 5.